The standard InChI is InChI=1S/C12H9N3OS/c1-2-5-13-11(3-1)15-12-14-10(8-17-12)9-4-6-16-7-9/h1-8H,(H,13,14,15). The molecule has 4 nitrogen and oxygen atoms in total. The molecule has 0 atom stereocenters. The van der Waals surface area contributed by atoms with Crippen LogP contribution in [0.2, 0.25) is 0 Å². The van der Waals surface area contributed by atoms with Crippen molar-refractivity contribution in [2.24, 2.45) is 0 Å². The number of furan rings is 1. The first kappa shape index (κ1) is 10.0. The Labute approximate surface area is 102 Å². The van der Waals surface area contributed by atoms with E-state index in [-0.39, 0.29) is 0 Å². The second-order valence-corrected chi connectivity index (χ2v) is 4.25. The van der Waals surface area contributed by atoms with E-state index in [2.05, 4.69) is 15.3 Å². The molecule has 0 radical (unpaired) electrons. The summed E-state index contributed by atoms with van der Waals surface area (Å²) in [6.45, 7) is 0. The molecular weight excluding hydrogens is 234 g/mol. The van der Waals surface area contributed by atoms with Gasteiger partial charge in [-0.2, -0.15) is 0 Å². The fourth-order valence-corrected chi connectivity index (χ4v) is 2.15. The molecule has 0 unspecified atom stereocenters. The van der Waals surface area contributed by atoms with Crippen LogP contribution in [0.4, 0.5) is 10.9 Å². The van der Waals surface area contributed by atoms with Crippen LogP contribution in [0.15, 0.2) is 52.8 Å². The molecule has 3 aromatic rings. The summed E-state index contributed by atoms with van der Waals surface area (Å²) in [5.41, 5.74) is 1.89. The summed E-state index contributed by atoms with van der Waals surface area (Å²) in [6.07, 6.45) is 5.06. The summed E-state index contributed by atoms with van der Waals surface area (Å²) in [6, 6.07) is 7.60. The van der Waals surface area contributed by atoms with Crippen molar-refractivity contribution in [3.63, 3.8) is 0 Å². The van der Waals surface area contributed by atoms with Crippen molar-refractivity contribution < 1.29 is 4.42 Å². The molecule has 0 bridgehead atoms. The molecule has 0 aromatic carbocycles. The first-order valence-electron chi connectivity index (χ1n) is 5.08. The average Bonchev–Trinajstić information content (AvgIpc) is 3.00. The minimum Gasteiger partial charge on any atom is -0.472 e. The maximum absolute atomic E-state index is 5.03. The lowest BCUT2D eigenvalue weighted by Crippen LogP contribution is -1.91. The molecule has 3 heterocycles. The Balaban J connectivity index is 1.82. The minimum absolute atomic E-state index is 0.792. The van der Waals surface area contributed by atoms with Gasteiger partial charge in [-0.05, 0) is 18.2 Å². The van der Waals surface area contributed by atoms with Crippen LogP contribution in [0.1, 0.15) is 0 Å². The van der Waals surface area contributed by atoms with Crippen LogP contribution in [-0.4, -0.2) is 9.97 Å². The fraction of sp³-hybridized carbons (Fsp3) is 0. The molecular formula is C12H9N3OS. The predicted molar refractivity (Wildman–Crippen MR) is 67.3 cm³/mol. The van der Waals surface area contributed by atoms with E-state index >= 15 is 0 Å². The summed E-state index contributed by atoms with van der Waals surface area (Å²) < 4.78 is 5.03. The van der Waals surface area contributed by atoms with E-state index in [1.54, 1.807) is 18.7 Å². The van der Waals surface area contributed by atoms with E-state index in [4.69, 9.17) is 4.42 Å². The van der Waals surface area contributed by atoms with Gasteiger partial charge in [0.2, 0.25) is 0 Å². The summed E-state index contributed by atoms with van der Waals surface area (Å²) >= 11 is 1.54. The van der Waals surface area contributed by atoms with Crippen LogP contribution in [0.5, 0.6) is 0 Å². The van der Waals surface area contributed by atoms with Crippen LogP contribution in [-0.2, 0) is 0 Å². The molecule has 0 aliphatic carbocycles. The SMILES string of the molecule is c1ccc(Nc2nc(-c3ccoc3)cs2)nc1. The monoisotopic (exact) mass is 243 g/mol. The Morgan fingerprint density at radius 3 is 3.00 bits per heavy atom. The molecule has 3 rings (SSSR count). The highest BCUT2D eigenvalue weighted by atomic mass is 32.1. The summed E-state index contributed by atoms with van der Waals surface area (Å²) in [5.74, 6) is 0.792. The number of hydrogen-bond acceptors (Lipinski definition) is 5. The molecule has 84 valence electrons. The maximum Gasteiger partial charge on any atom is 0.188 e. The zero-order valence-electron chi connectivity index (χ0n) is 8.83. The highest BCUT2D eigenvalue weighted by Gasteiger charge is 2.05. The Kier molecular flexibility index (Phi) is 2.59. The third kappa shape index (κ3) is 2.19. The number of rotatable bonds is 3. The average molecular weight is 243 g/mol. The summed E-state index contributed by atoms with van der Waals surface area (Å²) in [7, 11) is 0. The summed E-state index contributed by atoms with van der Waals surface area (Å²) in [5, 5.41) is 5.95. The van der Waals surface area contributed by atoms with Crippen molar-refractivity contribution >= 4 is 22.3 Å². The first-order chi connectivity index (χ1) is 8.42. The van der Waals surface area contributed by atoms with Crippen molar-refractivity contribution in [2.45, 2.75) is 0 Å². The molecule has 0 amide bonds. The normalized spacial score (nSPS) is 10.4. The fourth-order valence-electron chi connectivity index (χ4n) is 1.42. The van der Waals surface area contributed by atoms with Crippen LogP contribution < -0.4 is 5.32 Å². The lowest BCUT2D eigenvalue weighted by molar-refractivity contribution is 0.568. The van der Waals surface area contributed by atoms with E-state index in [9.17, 15) is 0 Å². The van der Waals surface area contributed by atoms with E-state index < -0.39 is 0 Å². The number of nitrogens with zero attached hydrogens (tertiary/aromatic N) is 2. The van der Waals surface area contributed by atoms with Crippen molar-refractivity contribution in [1.29, 1.82) is 0 Å². The van der Waals surface area contributed by atoms with E-state index in [0.29, 0.717) is 0 Å². The van der Waals surface area contributed by atoms with E-state index in [0.717, 1.165) is 22.2 Å². The molecule has 0 aliphatic rings. The Bertz CT molecular complexity index is 589. The van der Waals surface area contributed by atoms with Crippen molar-refractivity contribution in [1.82, 2.24) is 9.97 Å². The number of aromatic nitrogens is 2. The zero-order chi connectivity index (χ0) is 11.5. The van der Waals surface area contributed by atoms with Gasteiger partial charge in [0.05, 0.1) is 18.2 Å². The van der Waals surface area contributed by atoms with Gasteiger partial charge in [0, 0.05) is 17.1 Å². The number of hydrogen-bond donors (Lipinski definition) is 1. The highest BCUT2D eigenvalue weighted by Crippen LogP contribution is 2.26. The highest BCUT2D eigenvalue weighted by molar-refractivity contribution is 7.14. The van der Waals surface area contributed by atoms with Gasteiger partial charge < -0.3 is 9.73 Å². The Morgan fingerprint density at radius 2 is 2.24 bits per heavy atom. The topological polar surface area (TPSA) is 51.0 Å². The maximum atomic E-state index is 5.03. The minimum atomic E-state index is 0.792. The van der Waals surface area contributed by atoms with Gasteiger partial charge in [-0.3, -0.25) is 0 Å². The molecule has 3 aromatic heterocycles. The smallest absolute Gasteiger partial charge is 0.188 e. The molecule has 0 fully saturated rings. The van der Waals surface area contributed by atoms with Crippen LogP contribution in [0.3, 0.4) is 0 Å². The van der Waals surface area contributed by atoms with Crippen molar-refractivity contribution in [3.05, 3.63) is 48.4 Å². The van der Waals surface area contributed by atoms with Crippen molar-refractivity contribution in [2.75, 3.05) is 5.32 Å². The second-order valence-electron chi connectivity index (χ2n) is 3.39. The molecule has 0 saturated carbocycles. The lowest BCUT2D eigenvalue weighted by Gasteiger charge is -1.99. The first-order valence-corrected chi connectivity index (χ1v) is 5.96. The van der Waals surface area contributed by atoms with Gasteiger partial charge in [0.15, 0.2) is 5.13 Å². The number of thiazole rings is 1. The van der Waals surface area contributed by atoms with E-state index in [1.807, 2.05) is 29.6 Å². The molecule has 0 spiro atoms. The van der Waals surface area contributed by atoms with Crippen LogP contribution in [0.25, 0.3) is 11.3 Å². The van der Waals surface area contributed by atoms with Crippen molar-refractivity contribution in [3.8, 4) is 11.3 Å². The van der Waals surface area contributed by atoms with Crippen LogP contribution in [0, 0.1) is 0 Å². The van der Waals surface area contributed by atoms with Crippen LogP contribution >= 0.6 is 11.3 Å². The van der Waals surface area contributed by atoms with Gasteiger partial charge in [0.1, 0.15) is 5.82 Å². The quantitative estimate of drug-likeness (QED) is 0.764. The van der Waals surface area contributed by atoms with Gasteiger partial charge in [0.25, 0.3) is 0 Å². The van der Waals surface area contributed by atoms with E-state index in [1.165, 1.54) is 11.3 Å². The summed E-state index contributed by atoms with van der Waals surface area (Å²) in [4.78, 5) is 8.64. The zero-order valence-corrected chi connectivity index (χ0v) is 9.65. The number of nitrogens with one attached hydrogen (secondary N) is 1. The molecule has 1 N–H and O–H groups in total. The second kappa shape index (κ2) is 4.39. The molecule has 17 heavy (non-hydrogen) atoms. The molecule has 0 saturated heterocycles. The number of pyridine rings is 1. The van der Waals surface area contributed by atoms with Gasteiger partial charge >= 0.3 is 0 Å². The third-order valence-electron chi connectivity index (χ3n) is 2.22. The molecule has 5 heteroatoms. The number of anilines is 2. The Hall–Kier alpha value is -2.14. The van der Waals surface area contributed by atoms with Gasteiger partial charge in [-0.1, -0.05) is 6.07 Å². The van der Waals surface area contributed by atoms with Gasteiger partial charge in [-0.15, -0.1) is 11.3 Å². The predicted octanol–water partition coefficient (Wildman–Crippen LogP) is 3.54. The molecule has 0 aliphatic heterocycles. The lowest BCUT2D eigenvalue weighted by atomic mass is 10.3. The largest absolute Gasteiger partial charge is 0.472 e. The third-order valence-corrected chi connectivity index (χ3v) is 2.98. The van der Waals surface area contributed by atoms with Gasteiger partial charge in [-0.25, -0.2) is 9.97 Å². The Morgan fingerprint density at radius 1 is 1.24 bits per heavy atom.